The summed E-state index contributed by atoms with van der Waals surface area (Å²) in [6.45, 7) is 7.85. The molecule has 0 aromatic heterocycles. The van der Waals surface area contributed by atoms with Gasteiger partial charge in [-0.15, -0.1) is 24.0 Å². The van der Waals surface area contributed by atoms with E-state index in [1.54, 1.807) is 7.05 Å². The van der Waals surface area contributed by atoms with Crippen molar-refractivity contribution in [3.8, 4) is 0 Å². The average molecular weight is 510 g/mol. The van der Waals surface area contributed by atoms with Gasteiger partial charge >= 0.3 is 0 Å². The van der Waals surface area contributed by atoms with Crippen molar-refractivity contribution in [2.24, 2.45) is 4.99 Å². The van der Waals surface area contributed by atoms with E-state index in [4.69, 9.17) is 0 Å². The maximum Gasteiger partial charge on any atom is 0.191 e. The number of halogens is 1. The number of hydrogen-bond donors (Lipinski definition) is 3. The van der Waals surface area contributed by atoms with Crippen LogP contribution >= 0.6 is 24.0 Å². The van der Waals surface area contributed by atoms with E-state index in [0.717, 1.165) is 31.2 Å². The molecule has 0 saturated carbocycles. The van der Waals surface area contributed by atoms with Crippen LogP contribution < -0.4 is 10.6 Å². The molecule has 0 amide bonds. The van der Waals surface area contributed by atoms with E-state index in [0.29, 0.717) is 6.54 Å². The largest absolute Gasteiger partial charge is 0.396 e. The number of benzene rings is 2. The summed E-state index contributed by atoms with van der Waals surface area (Å²) in [5.41, 5.74) is 2.42. The highest BCUT2D eigenvalue weighted by Crippen LogP contribution is 2.19. The third kappa shape index (κ3) is 7.95. The number of aliphatic hydroxyl groups is 1. The van der Waals surface area contributed by atoms with E-state index >= 15 is 0 Å². The molecular weight excluding hydrogens is 475 g/mol. The lowest BCUT2D eigenvalue weighted by Crippen LogP contribution is -2.44. The number of guanidine groups is 1. The van der Waals surface area contributed by atoms with E-state index < -0.39 is 0 Å². The van der Waals surface area contributed by atoms with Gasteiger partial charge in [0, 0.05) is 26.1 Å². The van der Waals surface area contributed by atoms with Crippen LogP contribution in [0.2, 0.25) is 0 Å². The molecule has 0 radical (unpaired) electrons. The van der Waals surface area contributed by atoms with Crippen LogP contribution in [0.5, 0.6) is 0 Å². The Morgan fingerprint density at radius 2 is 1.41 bits per heavy atom. The maximum absolute atomic E-state index is 9.76. The Bertz CT molecular complexity index is 693. The van der Waals surface area contributed by atoms with Crippen molar-refractivity contribution >= 4 is 29.9 Å². The third-order valence-corrected chi connectivity index (χ3v) is 5.13. The van der Waals surface area contributed by atoms with Gasteiger partial charge in [-0.25, -0.2) is 0 Å². The van der Waals surface area contributed by atoms with Crippen molar-refractivity contribution in [2.45, 2.75) is 25.8 Å². The third-order valence-electron chi connectivity index (χ3n) is 5.13. The predicted octanol–water partition coefficient (Wildman–Crippen LogP) is 3.63. The lowest BCUT2D eigenvalue weighted by molar-refractivity contribution is 0.219. The monoisotopic (exact) mass is 510 g/mol. The van der Waals surface area contributed by atoms with E-state index in [1.165, 1.54) is 5.56 Å². The van der Waals surface area contributed by atoms with Crippen LogP contribution in [-0.4, -0.2) is 55.8 Å². The Morgan fingerprint density at radius 3 is 1.90 bits per heavy atom. The maximum atomic E-state index is 9.76. The van der Waals surface area contributed by atoms with Gasteiger partial charge in [0.15, 0.2) is 5.96 Å². The number of hydrogen-bond acceptors (Lipinski definition) is 3. The van der Waals surface area contributed by atoms with E-state index in [9.17, 15) is 5.11 Å². The molecule has 29 heavy (non-hydrogen) atoms. The highest BCUT2D eigenvalue weighted by atomic mass is 127. The second-order valence-electron chi connectivity index (χ2n) is 6.77. The Morgan fingerprint density at radius 1 is 0.897 bits per heavy atom. The summed E-state index contributed by atoms with van der Waals surface area (Å²) in [6, 6.07) is 20.9. The highest BCUT2D eigenvalue weighted by molar-refractivity contribution is 14.0. The number of aliphatic imine (C=N–C) groups is 1. The molecule has 0 bridgehead atoms. The molecule has 2 atom stereocenters. The first-order valence-corrected chi connectivity index (χ1v) is 10.1. The summed E-state index contributed by atoms with van der Waals surface area (Å²) in [6.07, 6.45) is 0. The standard InChI is InChI=1S/C23H34N4O.HI/c1-4-27(5-2)22(20-14-10-7-11-15-20)17-26-23(24-3)25-16-21(18-28)19-12-8-6-9-13-19;/h6-15,21-22,28H,4-5,16-18H2,1-3H3,(H2,24,25,26);1H. The van der Waals surface area contributed by atoms with Gasteiger partial charge < -0.3 is 15.7 Å². The van der Waals surface area contributed by atoms with Gasteiger partial charge in [-0.2, -0.15) is 0 Å². The average Bonchev–Trinajstić information content (AvgIpc) is 2.76. The van der Waals surface area contributed by atoms with Crippen molar-refractivity contribution in [1.29, 1.82) is 0 Å². The Labute approximate surface area is 192 Å². The van der Waals surface area contributed by atoms with Gasteiger partial charge in [-0.1, -0.05) is 74.5 Å². The summed E-state index contributed by atoms with van der Waals surface area (Å²) in [5.74, 6) is 0.787. The van der Waals surface area contributed by atoms with Crippen LogP contribution in [0, 0.1) is 0 Å². The van der Waals surface area contributed by atoms with Gasteiger partial charge in [-0.3, -0.25) is 9.89 Å². The number of likely N-dealkylation sites (N-methyl/N-ethyl adjacent to an activating group) is 1. The minimum Gasteiger partial charge on any atom is -0.396 e. The second kappa shape index (κ2) is 14.4. The topological polar surface area (TPSA) is 59.9 Å². The van der Waals surface area contributed by atoms with Crippen molar-refractivity contribution in [3.63, 3.8) is 0 Å². The van der Waals surface area contributed by atoms with Gasteiger partial charge in [0.05, 0.1) is 12.6 Å². The fourth-order valence-electron chi connectivity index (χ4n) is 3.44. The molecule has 2 rings (SSSR count). The van der Waals surface area contributed by atoms with Crippen LogP contribution in [-0.2, 0) is 0 Å². The Kier molecular flexibility index (Phi) is 12.6. The zero-order valence-electron chi connectivity index (χ0n) is 17.7. The molecule has 160 valence electrons. The molecule has 5 nitrogen and oxygen atoms in total. The number of nitrogens with one attached hydrogen (secondary N) is 2. The van der Waals surface area contributed by atoms with Gasteiger partial charge in [0.2, 0.25) is 0 Å². The van der Waals surface area contributed by atoms with Crippen LogP contribution in [0.15, 0.2) is 65.7 Å². The molecule has 0 aliphatic heterocycles. The molecule has 0 saturated heterocycles. The molecule has 0 spiro atoms. The van der Waals surface area contributed by atoms with Crippen molar-refractivity contribution in [3.05, 3.63) is 71.8 Å². The first kappa shape index (κ1) is 25.4. The van der Waals surface area contributed by atoms with Crippen molar-refractivity contribution in [2.75, 3.05) is 39.8 Å². The van der Waals surface area contributed by atoms with E-state index in [2.05, 4.69) is 64.7 Å². The highest BCUT2D eigenvalue weighted by Gasteiger charge is 2.18. The minimum absolute atomic E-state index is 0. The van der Waals surface area contributed by atoms with Gasteiger partial charge in [0.25, 0.3) is 0 Å². The fourth-order valence-corrected chi connectivity index (χ4v) is 3.44. The molecule has 2 aromatic carbocycles. The predicted molar refractivity (Wildman–Crippen MR) is 133 cm³/mol. The van der Waals surface area contributed by atoms with Crippen LogP contribution in [0.4, 0.5) is 0 Å². The first-order valence-electron chi connectivity index (χ1n) is 10.1. The lowest BCUT2D eigenvalue weighted by atomic mass is 10.0. The van der Waals surface area contributed by atoms with E-state index in [-0.39, 0.29) is 42.5 Å². The Hall–Kier alpha value is -1.64. The number of nitrogens with zero attached hydrogens (tertiary/aromatic N) is 2. The molecule has 2 aromatic rings. The smallest absolute Gasteiger partial charge is 0.191 e. The quantitative estimate of drug-likeness (QED) is 0.260. The molecule has 0 aliphatic carbocycles. The summed E-state index contributed by atoms with van der Waals surface area (Å²) in [5, 5.41) is 16.6. The second-order valence-corrected chi connectivity index (χ2v) is 6.77. The van der Waals surface area contributed by atoms with Gasteiger partial charge in [-0.05, 0) is 24.2 Å². The van der Waals surface area contributed by atoms with Crippen LogP contribution in [0.25, 0.3) is 0 Å². The molecular formula is C23H35IN4O. The summed E-state index contributed by atoms with van der Waals surface area (Å²) >= 11 is 0. The molecule has 0 heterocycles. The van der Waals surface area contributed by atoms with Crippen LogP contribution in [0.3, 0.4) is 0 Å². The summed E-state index contributed by atoms with van der Waals surface area (Å²) in [7, 11) is 1.78. The zero-order chi connectivity index (χ0) is 20.2. The summed E-state index contributed by atoms with van der Waals surface area (Å²) < 4.78 is 0. The molecule has 3 N–H and O–H groups in total. The first-order chi connectivity index (χ1) is 13.7. The molecule has 6 heteroatoms. The number of aliphatic hydroxyl groups excluding tert-OH is 1. The summed E-state index contributed by atoms with van der Waals surface area (Å²) in [4.78, 5) is 6.80. The lowest BCUT2D eigenvalue weighted by Gasteiger charge is -2.31. The van der Waals surface area contributed by atoms with Crippen molar-refractivity contribution < 1.29 is 5.11 Å². The molecule has 0 aliphatic rings. The minimum atomic E-state index is 0. The van der Waals surface area contributed by atoms with Crippen LogP contribution in [0.1, 0.15) is 36.9 Å². The molecule has 0 fully saturated rings. The van der Waals surface area contributed by atoms with E-state index in [1.807, 2.05) is 30.3 Å². The zero-order valence-corrected chi connectivity index (χ0v) is 20.0. The Balaban J connectivity index is 0.00000420. The van der Waals surface area contributed by atoms with Crippen molar-refractivity contribution in [1.82, 2.24) is 15.5 Å². The SMILES string of the molecule is CCN(CC)C(CNC(=NC)NCC(CO)c1ccccc1)c1ccccc1.I. The normalized spacial score (nSPS) is 13.5. The number of rotatable bonds is 10. The molecule has 2 unspecified atom stereocenters. The fraction of sp³-hybridized carbons (Fsp3) is 0.435. The van der Waals surface area contributed by atoms with Gasteiger partial charge in [0.1, 0.15) is 0 Å².